The molecule has 8 rings (SSSR count). The Labute approximate surface area is 347 Å². The minimum Gasteiger partial charge on any atom is -0.374 e. The average Bonchev–Trinajstić information content (AvgIpc) is 3.76. The molecule has 4 aliphatic rings. The van der Waals surface area contributed by atoms with Crippen molar-refractivity contribution >= 4 is 0 Å². The summed E-state index contributed by atoms with van der Waals surface area (Å²) in [5.74, 6) is -3.34. The summed E-state index contributed by atoms with van der Waals surface area (Å²) in [6, 6.07) is 40.0. The molecule has 0 radical (unpaired) electrons. The molecule has 0 N–H and O–H groups in total. The maximum absolute atomic E-state index is 7.13. The molecule has 4 aliphatic heterocycles. The van der Waals surface area contributed by atoms with Gasteiger partial charge in [0.15, 0.2) is 17.9 Å². The zero-order chi connectivity index (χ0) is 40.9. The van der Waals surface area contributed by atoms with E-state index in [4.69, 9.17) is 52.1 Å². The number of rotatable bonds is 17. The third kappa shape index (κ3) is 10.0. The maximum atomic E-state index is 7.13. The maximum Gasteiger partial charge on any atom is 0.217 e. The second kappa shape index (κ2) is 18.4. The average molecular weight is 809 g/mol. The lowest BCUT2D eigenvalue weighted by molar-refractivity contribution is -0.371. The Balaban J connectivity index is 1.14. The Bertz CT molecular complexity index is 1910. The molecule has 4 aromatic carbocycles. The van der Waals surface area contributed by atoms with Crippen LogP contribution in [0.15, 0.2) is 134 Å². The normalized spacial score (nSPS) is 32.0. The van der Waals surface area contributed by atoms with Crippen molar-refractivity contribution in [2.24, 2.45) is 0 Å². The first-order valence-electron chi connectivity index (χ1n) is 20.5. The van der Waals surface area contributed by atoms with Gasteiger partial charge in [0.1, 0.15) is 48.8 Å². The van der Waals surface area contributed by atoms with Gasteiger partial charge in [-0.1, -0.05) is 128 Å². The van der Waals surface area contributed by atoms with E-state index in [0.717, 1.165) is 22.3 Å². The molecule has 4 unspecified atom stereocenters. The van der Waals surface area contributed by atoms with Crippen LogP contribution in [0.3, 0.4) is 0 Å². The van der Waals surface area contributed by atoms with E-state index in [2.05, 4.69) is 6.58 Å². The van der Waals surface area contributed by atoms with Crippen LogP contribution in [0.1, 0.15) is 49.9 Å². The first-order valence-corrected chi connectivity index (χ1v) is 20.5. The molecule has 4 saturated heterocycles. The molecule has 314 valence electrons. The second-order valence-electron chi connectivity index (χ2n) is 16.3. The minimum atomic E-state index is -1.58. The highest BCUT2D eigenvalue weighted by Gasteiger charge is 2.62. The molecule has 10 atom stereocenters. The van der Waals surface area contributed by atoms with Crippen LogP contribution in [0.4, 0.5) is 0 Å². The summed E-state index contributed by atoms with van der Waals surface area (Å²) in [4.78, 5) is 0. The summed E-state index contributed by atoms with van der Waals surface area (Å²) in [6.07, 6.45) is -4.16. The summed E-state index contributed by atoms with van der Waals surface area (Å²) in [6.45, 7) is 13.1. The van der Waals surface area contributed by atoms with E-state index in [1.165, 1.54) is 0 Å². The van der Waals surface area contributed by atoms with E-state index in [1.807, 2.05) is 149 Å². The van der Waals surface area contributed by atoms with E-state index in [-0.39, 0.29) is 26.4 Å². The third-order valence-corrected chi connectivity index (χ3v) is 11.0. The van der Waals surface area contributed by atoms with E-state index in [1.54, 1.807) is 6.08 Å². The van der Waals surface area contributed by atoms with Gasteiger partial charge in [-0.15, -0.1) is 0 Å². The van der Waals surface area contributed by atoms with Gasteiger partial charge in [0.25, 0.3) is 0 Å². The molecule has 0 bridgehead atoms. The van der Waals surface area contributed by atoms with Crippen molar-refractivity contribution in [3.8, 4) is 0 Å². The Morgan fingerprint density at radius 2 is 0.983 bits per heavy atom. The summed E-state index contributed by atoms with van der Waals surface area (Å²) in [5, 5.41) is 0. The molecule has 4 heterocycles. The van der Waals surface area contributed by atoms with Gasteiger partial charge in [-0.05, 0) is 56.0 Å². The van der Waals surface area contributed by atoms with Gasteiger partial charge in [0, 0.05) is 0 Å². The van der Waals surface area contributed by atoms with Crippen molar-refractivity contribution in [3.05, 3.63) is 156 Å². The summed E-state index contributed by atoms with van der Waals surface area (Å²) in [7, 11) is 0. The molecular formula is C48H56O11. The van der Waals surface area contributed by atoms with Crippen molar-refractivity contribution in [3.63, 3.8) is 0 Å². The van der Waals surface area contributed by atoms with E-state index in [0.29, 0.717) is 13.2 Å². The van der Waals surface area contributed by atoms with Crippen LogP contribution in [-0.4, -0.2) is 85.7 Å². The van der Waals surface area contributed by atoms with Gasteiger partial charge in [-0.2, -0.15) is 0 Å². The highest BCUT2D eigenvalue weighted by molar-refractivity contribution is 5.18. The van der Waals surface area contributed by atoms with Crippen LogP contribution in [0.25, 0.3) is 0 Å². The third-order valence-electron chi connectivity index (χ3n) is 11.0. The van der Waals surface area contributed by atoms with Crippen LogP contribution >= 0.6 is 0 Å². The molecule has 0 saturated carbocycles. The largest absolute Gasteiger partial charge is 0.374 e. The van der Waals surface area contributed by atoms with Crippen molar-refractivity contribution in [2.45, 2.75) is 127 Å². The van der Waals surface area contributed by atoms with Crippen LogP contribution in [0.2, 0.25) is 0 Å². The number of hydrogen-bond donors (Lipinski definition) is 0. The van der Waals surface area contributed by atoms with Crippen LogP contribution in [0.5, 0.6) is 0 Å². The first kappa shape index (κ1) is 41.9. The fourth-order valence-electron chi connectivity index (χ4n) is 8.25. The van der Waals surface area contributed by atoms with Crippen molar-refractivity contribution in [1.82, 2.24) is 0 Å². The standard InChI is InChI=1S/C48H56O11/c1-6-48(53-32-37-40-41(57-46(2,3)56-40)43-45(54-37)59-47(4,5)58-43)44(52-30-36-25-17-10-18-26-36)42(51-29-35-23-15-9-16-24-35)39(50-28-34-21-13-8-14-22-34)38(55-48)31-49-27-33-19-11-7-12-20-33/h6-26,37-45H,1,27-32H2,2-5H3/t37?,38?,39-,40-,41-,42-,43?,44?,45+,48-/m0/s1. The molecule has 59 heavy (non-hydrogen) atoms. The van der Waals surface area contributed by atoms with E-state index < -0.39 is 72.5 Å². The highest BCUT2D eigenvalue weighted by atomic mass is 16.9. The molecule has 4 aromatic rings. The molecule has 4 fully saturated rings. The Hall–Kier alpha value is -3.82. The smallest absolute Gasteiger partial charge is 0.217 e. The monoisotopic (exact) mass is 808 g/mol. The molecule has 0 amide bonds. The van der Waals surface area contributed by atoms with E-state index in [9.17, 15) is 0 Å². The zero-order valence-corrected chi connectivity index (χ0v) is 34.3. The second-order valence-corrected chi connectivity index (χ2v) is 16.3. The minimum absolute atomic E-state index is 0.00334. The SMILES string of the molecule is C=C[C@]1(OCC2O[C@@H]3OC(C)(C)OC3[C@H]3OC(C)(C)O[C@@H]23)OC(COCc2ccccc2)[C@H](OCc2ccccc2)[C@H](OCc2ccccc2)C1OCc1ccccc1. The number of hydrogen-bond acceptors (Lipinski definition) is 11. The highest BCUT2D eigenvalue weighted by Crippen LogP contribution is 2.45. The van der Waals surface area contributed by atoms with Crippen LogP contribution in [-0.2, 0) is 78.5 Å². The lowest BCUT2D eigenvalue weighted by Crippen LogP contribution is -2.68. The topological polar surface area (TPSA) is 102 Å². The van der Waals surface area contributed by atoms with Crippen molar-refractivity contribution in [2.75, 3.05) is 13.2 Å². The fourth-order valence-corrected chi connectivity index (χ4v) is 8.25. The van der Waals surface area contributed by atoms with Gasteiger partial charge < -0.3 is 52.1 Å². The summed E-state index contributed by atoms with van der Waals surface area (Å²) < 4.78 is 73.3. The van der Waals surface area contributed by atoms with E-state index >= 15 is 0 Å². The predicted octanol–water partition coefficient (Wildman–Crippen LogP) is 7.65. The summed E-state index contributed by atoms with van der Waals surface area (Å²) >= 11 is 0. The molecule has 0 aromatic heterocycles. The molecule has 0 aliphatic carbocycles. The predicted molar refractivity (Wildman–Crippen MR) is 217 cm³/mol. The fraction of sp³-hybridized carbons (Fsp3) is 0.458. The van der Waals surface area contributed by atoms with Crippen LogP contribution in [0, 0.1) is 0 Å². The Morgan fingerprint density at radius 1 is 0.508 bits per heavy atom. The molecule has 11 nitrogen and oxygen atoms in total. The molecule has 0 spiro atoms. The van der Waals surface area contributed by atoms with Gasteiger partial charge in [-0.25, -0.2) is 0 Å². The first-order chi connectivity index (χ1) is 28.6. The number of benzene rings is 4. The number of ether oxygens (including phenoxy) is 11. The Morgan fingerprint density at radius 3 is 1.54 bits per heavy atom. The number of fused-ring (bicyclic) bond motifs is 3. The van der Waals surface area contributed by atoms with Crippen molar-refractivity contribution in [1.29, 1.82) is 0 Å². The lowest BCUT2D eigenvalue weighted by atomic mass is 9.91. The van der Waals surface area contributed by atoms with Gasteiger partial charge in [-0.3, -0.25) is 0 Å². The van der Waals surface area contributed by atoms with Gasteiger partial charge >= 0.3 is 0 Å². The lowest BCUT2D eigenvalue weighted by Gasteiger charge is -2.51. The van der Waals surface area contributed by atoms with Crippen molar-refractivity contribution < 1.29 is 52.1 Å². The van der Waals surface area contributed by atoms with Crippen LogP contribution < -0.4 is 0 Å². The Kier molecular flexibility index (Phi) is 13.1. The quantitative estimate of drug-likeness (QED) is 0.0984. The molecular weight excluding hydrogens is 753 g/mol. The molecule has 11 heteroatoms. The van der Waals surface area contributed by atoms with Gasteiger partial charge in [0.2, 0.25) is 5.79 Å². The van der Waals surface area contributed by atoms with Gasteiger partial charge in [0.05, 0.1) is 39.6 Å². The zero-order valence-electron chi connectivity index (χ0n) is 34.3. The summed E-state index contributed by atoms with van der Waals surface area (Å²) in [5.41, 5.74) is 3.99.